The third-order valence-corrected chi connectivity index (χ3v) is 7.75. The van der Waals surface area contributed by atoms with E-state index in [0.29, 0.717) is 0 Å². The highest BCUT2D eigenvalue weighted by Crippen LogP contribution is 2.36. The van der Waals surface area contributed by atoms with Gasteiger partial charge in [0.2, 0.25) is 0 Å². The van der Waals surface area contributed by atoms with Gasteiger partial charge in [-0.15, -0.1) is 0 Å². The van der Waals surface area contributed by atoms with Crippen molar-refractivity contribution in [3.8, 4) is 33.4 Å². The van der Waals surface area contributed by atoms with Crippen molar-refractivity contribution in [1.82, 2.24) is 0 Å². The van der Waals surface area contributed by atoms with Crippen molar-refractivity contribution >= 4 is 43.9 Å². The molecule has 0 radical (unpaired) electrons. The fraction of sp³-hybridized carbons (Fsp3) is 0.0270. The fourth-order valence-corrected chi connectivity index (χ4v) is 5.69. The maximum Gasteiger partial charge on any atom is 0.135 e. The minimum atomic E-state index is 0.909. The van der Waals surface area contributed by atoms with Crippen LogP contribution in [0.15, 0.2) is 136 Å². The first-order valence-corrected chi connectivity index (χ1v) is 13.3. The van der Waals surface area contributed by atoms with Gasteiger partial charge in [0.1, 0.15) is 22.3 Å². The molecule has 8 aromatic rings. The maximum absolute atomic E-state index is 6.17. The molecule has 0 aliphatic carbocycles. The minimum Gasteiger partial charge on any atom is -0.456 e. The molecule has 184 valence electrons. The van der Waals surface area contributed by atoms with Crippen LogP contribution in [0.25, 0.3) is 77.3 Å². The average Bonchev–Trinajstić information content (AvgIpc) is 3.54. The molecule has 2 heterocycles. The molecule has 2 aromatic heterocycles. The van der Waals surface area contributed by atoms with E-state index in [1.807, 2.05) is 6.07 Å². The summed E-state index contributed by atoms with van der Waals surface area (Å²) < 4.78 is 12.2. The molecule has 0 atom stereocenters. The molecule has 0 fully saturated rings. The van der Waals surface area contributed by atoms with E-state index in [-0.39, 0.29) is 0 Å². The fourth-order valence-electron chi connectivity index (χ4n) is 5.69. The summed E-state index contributed by atoms with van der Waals surface area (Å²) in [5, 5.41) is 4.60. The largest absolute Gasteiger partial charge is 0.456 e. The van der Waals surface area contributed by atoms with Crippen molar-refractivity contribution in [2.45, 2.75) is 6.92 Å². The lowest BCUT2D eigenvalue weighted by molar-refractivity contribution is 0.668. The first-order valence-electron chi connectivity index (χ1n) is 13.3. The van der Waals surface area contributed by atoms with E-state index in [2.05, 4.69) is 128 Å². The van der Waals surface area contributed by atoms with E-state index in [1.54, 1.807) is 0 Å². The molecule has 0 N–H and O–H groups in total. The van der Waals surface area contributed by atoms with Crippen molar-refractivity contribution in [3.63, 3.8) is 0 Å². The Morgan fingerprint density at radius 3 is 1.15 bits per heavy atom. The summed E-state index contributed by atoms with van der Waals surface area (Å²) in [6.45, 7) is 2.12. The van der Waals surface area contributed by atoms with Gasteiger partial charge in [-0.25, -0.2) is 0 Å². The van der Waals surface area contributed by atoms with Crippen LogP contribution in [0, 0.1) is 6.92 Å². The SMILES string of the molecule is Cc1ccc2oc3ccc(-c4ccc(-c5ccc6oc7ccc(-c8ccccc8)cc7c6c5)cc4)cc3c2c1. The summed E-state index contributed by atoms with van der Waals surface area (Å²) in [5.41, 5.74) is 12.0. The molecule has 0 amide bonds. The number of fused-ring (bicyclic) bond motifs is 6. The Morgan fingerprint density at radius 1 is 0.333 bits per heavy atom. The zero-order chi connectivity index (χ0) is 25.9. The van der Waals surface area contributed by atoms with Gasteiger partial charge in [0.25, 0.3) is 0 Å². The summed E-state index contributed by atoms with van der Waals surface area (Å²) in [4.78, 5) is 0. The first-order chi connectivity index (χ1) is 19.2. The maximum atomic E-state index is 6.17. The van der Waals surface area contributed by atoms with E-state index in [1.165, 1.54) is 44.3 Å². The van der Waals surface area contributed by atoms with Gasteiger partial charge in [-0.3, -0.25) is 0 Å². The Kier molecular flexibility index (Phi) is 4.77. The lowest BCUT2D eigenvalue weighted by Gasteiger charge is -2.06. The Labute approximate surface area is 225 Å². The number of benzene rings is 6. The van der Waals surface area contributed by atoms with Gasteiger partial charge in [-0.2, -0.15) is 0 Å². The van der Waals surface area contributed by atoms with Gasteiger partial charge in [0, 0.05) is 21.5 Å². The van der Waals surface area contributed by atoms with Crippen LogP contribution in [0.5, 0.6) is 0 Å². The van der Waals surface area contributed by atoms with Gasteiger partial charge in [-0.1, -0.05) is 84.4 Å². The van der Waals surface area contributed by atoms with Crippen molar-refractivity contribution in [1.29, 1.82) is 0 Å². The predicted molar refractivity (Wildman–Crippen MR) is 162 cm³/mol. The lowest BCUT2D eigenvalue weighted by Crippen LogP contribution is -1.81. The smallest absolute Gasteiger partial charge is 0.135 e. The van der Waals surface area contributed by atoms with Crippen LogP contribution in [-0.4, -0.2) is 0 Å². The Bertz CT molecular complexity index is 2160. The summed E-state index contributed by atoms with van der Waals surface area (Å²) >= 11 is 0. The summed E-state index contributed by atoms with van der Waals surface area (Å²) in [5.74, 6) is 0. The standard InChI is InChI=1S/C37H24O2/c1-23-7-15-34-30(19-23)31-21-28(13-17-35(31)38-34)25-8-10-26(11-9-25)29-14-18-37-33(22-29)32-20-27(12-16-36(32)39-37)24-5-3-2-4-6-24/h2-22H,1H3. The van der Waals surface area contributed by atoms with E-state index >= 15 is 0 Å². The van der Waals surface area contributed by atoms with Crippen molar-refractivity contribution in [2.24, 2.45) is 0 Å². The molecule has 0 aliphatic rings. The number of hydrogen-bond acceptors (Lipinski definition) is 2. The number of furan rings is 2. The third kappa shape index (κ3) is 3.65. The minimum absolute atomic E-state index is 0.909. The molecular weight excluding hydrogens is 476 g/mol. The van der Waals surface area contributed by atoms with Crippen molar-refractivity contribution < 1.29 is 8.83 Å². The molecule has 8 rings (SSSR count). The third-order valence-electron chi connectivity index (χ3n) is 7.75. The Hall–Kier alpha value is -5.08. The normalized spacial score (nSPS) is 11.7. The summed E-state index contributed by atoms with van der Waals surface area (Å²) in [6, 6.07) is 45.0. The van der Waals surface area contributed by atoms with Gasteiger partial charge in [0.05, 0.1) is 0 Å². The van der Waals surface area contributed by atoms with Crippen LogP contribution >= 0.6 is 0 Å². The highest BCUT2D eigenvalue weighted by molar-refractivity contribution is 6.08. The molecular formula is C37H24O2. The predicted octanol–water partition coefficient (Wildman–Crippen LogP) is 10.8. The van der Waals surface area contributed by atoms with Crippen molar-refractivity contribution in [2.75, 3.05) is 0 Å². The summed E-state index contributed by atoms with van der Waals surface area (Å²) in [6.07, 6.45) is 0. The molecule has 2 heteroatoms. The topological polar surface area (TPSA) is 26.3 Å². The average molecular weight is 501 g/mol. The van der Waals surface area contributed by atoms with Gasteiger partial charge in [-0.05, 0) is 88.8 Å². The second-order valence-corrected chi connectivity index (χ2v) is 10.3. The second-order valence-electron chi connectivity index (χ2n) is 10.3. The first kappa shape index (κ1) is 22.0. The molecule has 2 nitrogen and oxygen atoms in total. The zero-order valence-electron chi connectivity index (χ0n) is 21.4. The summed E-state index contributed by atoms with van der Waals surface area (Å²) in [7, 11) is 0. The van der Waals surface area contributed by atoms with Gasteiger partial charge in [0.15, 0.2) is 0 Å². The molecule has 0 aliphatic heterocycles. The van der Waals surface area contributed by atoms with Gasteiger partial charge < -0.3 is 8.83 Å². The van der Waals surface area contributed by atoms with E-state index in [9.17, 15) is 0 Å². The quantitative estimate of drug-likeness (QED) is 0.241. The van der Waals surface area contributed by atoms with Crippen LogP contribution in [0.4, 0.5) is 0 Å². The molecule has 0 saturated heterocycles. The Morgan fingerprint density at radius 2 is 0.692 bits per heavy atom. The van der Waals surface area contributed by atoms with Crippen LogP contribution in [0.3, 0.4) is 0 Å². The van der Waals surface area contributed by atoms with Crippen LogP contribution in [0.2, 0.25) is 0 Å². The van der Waals surface area contributed by atoms with E-state index < -0.39 is 0 Å². The molecule has 0 spiro atoms. The lowest BCUT2D eigenvalue weighted by atomic mass is 9.97. The number of aryl methyl sites for hydroxylation is 1. The highest BCUT2D eigenvalue weighted by Gasteiger charge is 2.12. The van der Waals surface area contributed by atoms with Crippen LogP contribution < -0.4 is 0 Å². The van der Waals surface area contributed by atoms with E-state index in [4.69, 9.17) is 8.83 Å². The second kappa shape index (κ2) is 8.47. The molecule has 6 aromatic carbocycles. The monoisotopic (exact) mass is 500 g/mol. The highest BCUT2D eigenvalue weighted by atomic mass is 16.3. The van der Waals surface area contributed by atoms with Crippen LogP contribution in [-0.2, 0) is 0 Å². The van der Waals surface area contributed by atoms with Crippen molar-refractivity contribution in [3.05, 3.63) is 133 Å². The molecule has 0 saturated carbocycles. The Balaban J connectivity index is 1.18. The van der Waals surface area contributed by atoms with Gasteiger partial charge >= 0.3 is 0 Å². The van der Waals surface area contributed by atoms with E-state index in [0.717, 1.165) is 38.5 Å². The molecule has 39 heavy (non-hydrogen) atoms. The van der Waals surface area contributed by atoms with Crippen LogP contribution in [0.1, 0.15) is 5.56 Å². The molecule has 0 unspecified atom stereocenters. The number of rotatable bonds is 3. The molecule has 0 bridgehead atoms. The zero-order valence-corrected chi connectivity index (χ0v) is 21.4. The number of hydrogen-bond donors (Lipinski definition) is 0.